The summed E-state index contributed by atoms with van der Waals surface area (Å²) in [6.07, 6.45) is 2.15. The fraction of sp³-hybridized carbons (Fsp3) is 0.214. The van der Waals surface area contributed by atoms with E-state index >= 15 is 0 Å². The van der Waals surface area contributed by atoms with Crippen LogP contribution < -0.4 is 0 Å². The van der Waals surface area contributed by atoms with Crippen LogP contribution in [0, 0.1) is 10.1 Å². The fourth-order valence-corrected chi connectivity index (χ4v) is 2.17. The van der Waals surface area contributed by atoms with Gasteiger partial charge in [0.1, 0.15) is 5.69 Å². The fourth-order valence-electron chi connectivity index (χ4n) is 2.17. The molecule has 0 bridgehead atoms. The standard InChI is InChI=1S/C14H14N2O4/c1-3-20-14(17)13-11(8-9-16(18)19)10-6-4-5-7-12(10)15(13)2/h4-9H,3H2,1-2H3/b9-8+. The van der Waals surface area contributed by atoms with Crippen LogP contribution in [-0.2, 0) is 11.8 Å². The van der Waals surface area contributed by atoms with Crippen LogP contribution >= 0.6 is 0 Å². The number of rotatable bonds is 4. The average Bonchev–Trinajstić information content (AvgIpc) is 2.70. The summed E-state index contributed by atoms with van der Waals surface area (Å²) in [6, 6.07) is 7.33. The van der Waals surface area contributed by atoms with Crippen molar-refractivity contribution < 1.29 is 14.5 Å². The summed E-state index contributed by atoms with van der Waals surface area (Å²) in [7, 11) is 1.73. The van der Waals surface area contributed by atoms with Crippen molar-refractivity contribution in [3.8, 4) is 0 Å². The Morgan fingerprint density at radius 1 is 1.45 bits per heavy atom. The van der Waals surface area contributed by atoms with Gasteiger partial charge in [-0.15, -0.1) is 0 Å². The zero-order valence-corrected chi connectivity index (χ0v) is 11.2. The number of benzene rings is 1. The lowest BCUT2D eigenvalue weighted by Gasteiger charge is -2.04. The van der Waals surface area contributed by atoms with Gasteiger partial charge in [-0.3, -0.25) is 10.1 Å². The van der Waals surface area contributed by atoms with E-state index in [2.05, 4.69) is 0 Å². The molecule has 0 aliphatic rings. The molecule has 1 aromatic heterocycles. The summed E-state index contributed by atoms with van der Waals surface area (Å²) >= 11 is 0. The zero-order valence-electron chi connectivity index (χ0n) is 11.2. The Balaban J connectivity index is 2.70. The number of esters is 1. The van der Waals surface area contributed by atoms with E-state index in [1.165, 1.54) is 6.08 Å². The first kappa shape index (κ1) is 13.8. The highest BCUT2D eigenvalue weighted by Gasteiger charge is 2.20. The molecule has 2 rings (SSSR count). The van der Waals surface area contributed by atoms with E-state index in [0.717, 1.165) is 17.1 Å². The third-order valence-electron chi connectivity index (χ3n) is 2.98. The highest BCUT2D eigenvalue weighted by atomic mass is 16.6. The Labute approximate surface area is 115 Å². The summed E-state index contributed by atoms with van der Waals surface area (Å²) in [4.78, 5) is 22.0. The molecule has 20 heavy (non-hydrogen) atoms. The van der Waals surface area contributed by atoms with Gasteiger partial charge in [0.05, 0.1) is 11.5 Å². The van der Waals surface area contributed by atoms with Crippen molar-refractivity contribution in [2.24, 2.45) is 7.05 Å². The average molecular weight is 274 g/mol. The maximum Gasteiger partial charge on any atom is 0.355 e. The molecule has 0 aliphatic heterocycles. The summed E-state index contributed by atoms with van der Waals surface area (Å²) < 4.78 is 6.71. The van der Waals surface area contributed by atoms with Gasteiger partial charge in [0.2, 0.25) is 6.20 Å². The van der Waals surface area contributed by atoms with Crippen LogP contribution in [0.15, 0.2) is 30.5 Å². The molecule has 0 atom stereocenters. The molecule has 0 saturated heterocycles. The van der Waals surface area contributed by atoms with Crippen LogP contribution in [-0.4, -0.2) is 22.1 Å². The van der Waals surface area contributed by atoms with Gasteiger partial charge < -0.3 is 9.30 Å². The molecule has 6 nitrogen and oxygen atoms in total. The van der Waals surface area contributed by atoms with Gasteiger partial charge in [-0.1, -0.05) is 18.2 Å². The predicted molar refractivity (Wildman–Crippen MR) is 74.9 cm³/mol. The van der Waals surface area contributed by atoms with E-state index in [1.54, 1.807) is 18.5 Å². The Kier molecular flexibility index (Phi) is 3.84. The van der Waals surface area contributed by atoms with Crippen molar-refractivity contribution in [3.05, 3.63) is 51.8 Å². The molecule has 2 aromatic rings. The third-order valence-corrected chi connectivity index (χ3v) is 2.98. The smallest absolute Gasteiger partial charge is 0.355 e. The van der Waals surface area contributed by atoms with Crippen LogP contribution in [0.2, 0.25) is 0 Å². The molecule has 6 heteroatoms. The number of carbonyl (C=O) groups excluding carboxylic acids is 1. The van der Waals surface area contributed by atoms with Crippen LogP contribution in [0.3, 0.4) is 0 Å². The number of hydrogen-bond donors (Lipinski definition) is 0. The lowest BCUT2D eigenvalue weighted by molar-refractivity contribution is -0.400. The van der Waals surface area contributed by atoms with Gasteiger partial charge in [-0.2, -0.15) is 0 Å². The van der Waals surface area contributed by atoms with Crippen molar-refractivity contribution >= 4 is 22.9 Å². The van der Waals surface area contributed by atoms with Crippen molar-refractivity contribution in [1.82, 2.24) is 4.57 Å². The van der Waals surface area contributed by atoms with Gasteiger partial charge in [0.25, 0.3) is 0 Å². The van der Waals surface area contributed by atoms with E-state index in [0.29, 0.717) is 11.3 Å². The molecule has 0 saturated carbocycles. The van der Waals surface area contributed by atoms with Crippen molar-refractivity contribution in [2.45, 2.75) is 6.92 Å². The van der Waals surface area contributed by atoms with E-state index < -0.39 is 10.9 Å². The maximum atomic E-state index is 12.1. The molecule has 0 fully saturated rings. The van der Waals surface area contributed by atoms with Crippen molar-refractivity contribution in [2.75, 3.05) is 6.61 Å². The van der Waals surface area contributed by atoms with Crippen molar-refractivity contribution in [1.29, 1.82) is 0 Å². The number of carbonyl (C=O) groups is 1. The molecule has 0 unspecified atom stereocenters. The number of aromatic nitrogens is 1. The SMILES string of the molecule is CCOC(=O)c1c(/C=C/[N+](=O)[O-])c2ccccc2n1C. The number of aryl methyl sites for hydroxylation is 1. The first-order chi connectivity index (χ1) is 9.56. The molecule has 104 valence electrons. The number of nitrogens with zero attached hydrogens (tertiary/aromatic N) is 2. The topological polar surface area (TPSA) is 74.4 Å². The zero-order chi connectivity index (χ0) is 14.7. The second-order valence-corrected chi connectivity index (χ2v) is 4.16. The van der Waals surface area contributed by atoms with E-state index in [4.69, 9.17) is 4.74 Å². The third kappa shape index (κ3) is 2.40. The second-order valence-electron chi connectivity index (χ2n) is 4.16. The first-order valence-electron chi connectivity index (χ1n) is 6.12. The number of fused-ring (bicyclic) bond motifs is 1. The molecule has 0 aliphatic carbocycles. The highest BCUT2D eigenvalue weighted by molar-refractivity contribution is 6.03. The molecule has 0 N–H and O–H groups in total. The van der Waals surface area contributed by atoms with Gasteiger partial charge in [-0.05, 0) is 13.0 Å². The van der Waals surface area contributed by atoms with Crippen LogP contribution in [0.4, 0.5) is 0 Å². The van der Waals surface area contributed by atoms with Gasteiger partial charge >= 0.3 is 5.97 Å². The summed E-state index contributed by atoms with van der Waals surface area (Å²) in [6.45, 7) is 1.96. The summed E-state index contributed by atoms with van der Waals surface area (Å²) in [5.74, 6) is -0.491. The number of nitro groups is 1. The normalized spacial score (nSPS) is 11.1. The van der Waals surface area contributed by atoms with E-state index in [-0.39, 0.29) is 6.61 Å². The molecule has 0 spiro atoms. The Bertz CT molecular complexity index is 701. The Morgan fingerprint density at radius 3 is 2.80 bits per heavy atom. The van der Waals surface area contributed by atoms with Crippen molar-refractivity contribution in [3.63, 3.8) is 0 Å². The van der Waals surface area contributed by atoms with E-state index in [9.17, 15) is 14.9 Å². The van der Waals surface area contributed by atoms with E-state index in [1.807, 2.05) is 24.3 Å². The highest BCUT2D eigenvalue weighted by Crippen LogP contribution is 2.27. The monoisotopic (exact) mass is 274 g/mol. The predicted octanol–water partition coefficient (Wildman–Crippen LogP) is 2.60. The maximum absolute atomic E-state index is 12.1. The number of hydrogen-bond acceptors (Lipinski definition) is 4. The molecule has 0 amide bonds. The minimum absolute atomic E-state index is 0.249. The quantitative estimate of drug-likeness (QED) is 0.488. The van der Waals surface area contributed by atoms with Crippen LogP contribution in [0.5, 0.6) is 0 Å². The lowest BCUT2D eigenvalue weighted by atomic mass is 10.1. The molecular formula is C14H14N2O4. The van der Waals surface area contributed by atoms with Gasteiger partial charge in [0, 0.05) is 29.6 Å². The minimum atomic E-state index is -0.559. The number of para-hydroxylation sites is 1. The first-order valence-corrected chi connectivity index (χ1v) is 6.12. The second kappa shape index (κ2) is 5.56. The molecular weight excluding hydrogens is 260 g/mol. The number of ether oxygens (including phenoxy) is 1. The lowest BCUT2D eigenvalue weighted by Crippen LogP contribution is -2.11. The molecule has 0 radical (unpaired) electrons. The summed E-state index contributed by atoms with van der Waals surface area (Å²) in [5, 5.41) is 11.3. The minimum Gasteiger partial charge on any atom is -0.461 e. The van der Waals surface area contributed by atoms with Gasteiger partial charge in [-0.25, -0.2) is 4.79 Å². The van der Waals surface area contributed by atoms with Crippen LogP contribution in [0.1, 0.15) is 23.0 Å². The Morgan fingerprint density at radius 2 is 2.15 bits per heavy atom. The van der Waals surface area contributed by atoms with Crippen LogP contribution in [0.25, 0.3) is 17.0 Å². The van der Waals surface area contributed by atoms with Gasteiger partial charge in [0.15, 0.2) is 0 Å². The largest absolute Gasteiger partial charge is 0.461 e. The molecule has 1 heterocycles. The Hall–Kier alpha value is -2.63. The summed E-state index contributed by atoms with van der Waals surface area (Å²) in [5.41, 5.74) is 1.63. The molecule has 1 aromatic carbocycles.